The van der Waals surface area contributed by atoms with Gasteiger partial charge in [-0.25, -0.2) is 0 Å². The van der Waals surface area contributed by atoms with Gasteiger partial charge >= 0.3 is 0 Å². The Morgan fingerprint density at radius 2 is 1.52 bits per heavy atom. The Kier molecular flexibility index (Phi) is 10.1. The average Bonchev–Trinajstić information content (AvgIpc) is 2.49. The van der Waals surface area contributed by atoms with Gasteiger partial charge in [0, 0.05) is 39.4 Å². The van der Waals surface area contributed by atoms with Crippen LogP contribution in [0, 0.1) is 0 Å². The molecule has 0 aliphatic heterocycles. The van der Waals surface area contributed by atoms with Crippen LogP contribution in [0.3, 0.4) is 0 Å². The van der Waals surface area contributed by atoms with Crippen LogP contribution in [-0.2, 0) is 22.6 Å². The fraction of sp³-hybridized carbons (Fsp3) is 0.647. The molecule has 21 heavy (non-hydrogen) atoms. The summed E-state index contributed by atoms with van der Waals surface area (Å²) in [6.07, 6.45) is 0. The summed E-state index contributed by atoms with van der Waals surface area (Å²) in [4.78, 5) is 2.40. The van der Waals surface area contributed by atoms with Crippen LogP contribution >= 0.6 is 0 Å². The first-order valence-electron chi connectivity index (χ1n) is 7.91. The summed E-state index contributed by atoms with van der Waals surface area (Å²) >= 11 is 0. The first kappa shape index (κ1) is 18.1. The predicted molar refractivity (Wildman–Crippen MR) is 87.5 cm³/mol. The summed E-state index contributed by atoms with van der Waals surface area (Å²) in [6.45, 7) is 10.9. The smallest absolute Gasteiger partial charge is 0.0593 e. The van der Waals surface area contributed by atoms with Crippen molar-refractivity contribution >= 4 is 0 Å². The maximum atomic E-state index is 5.49. The third kappa shape index (κ3) is 7.58. The van der Waals surface area contributed by atoms with Gasteiger partial charge in [-0.05, 0) is 32.0 Å². The Bertz CT molecular complexity index is 362. The highest BCUT2D eigenvalue weighted by Gasteiger charge is 2.09. The maximum absolute atomic E-state index is 5.49. The fourth-order valence-corrected chi connectivity index (χ4v) is 2.26. The van der Waals surface area contributed by atoms with E-state index < -0.39 is 0 Å². The first-order valence-corrected chi connectivity index (χ1v) is 7.91. The number of ether oxygens (including phenoxy) is 2. The van der Waals surface area contributed by atoms with Gasteiger partial charge in [0.05, 0.1) is 13.2 Å². The summed E-state index contributed by atoms with van der Waals surface area (Å²) in [6, 6.07) is 8.61. The molecule has 120 valence electrons. The van der Waals surface area contributed by atoms with Gasteiger partial charge in [0.25, 0.3) is 0 Å². The first-order chi connectivity index (χ1) is 10.3. The topological polar surface area (TPSA) is 33.7 Å². The summed E-state index contributed by atoms with van der Waals surface area (Å²) in [5.41, 5.74) is 2.73. The second kappa shape index (κ2) is 11.7. The molecule has 4 nitrogen and oxygen atoms in total. The molecule has 0 aliphatic rings. The van der Waals surface area contributed by atoms with E-state index in [1.165, 1.54) is 11.1 Å². The van der Waals surface area contributed by atoms with E-state index in [1.54, 1.807) is 0 Å². The van der Waals surface area contributed by atoms with E-state index in [4.69, 9.17) is 9.47 Å². The van der Waals surface area contributed by atoms with Crippen molar-refractivity contribution in [2.75, 3.05) is 46.6 Å². The van der Waals surface area contributed by atoms with E-state index in [1.807, 2.05) is 20.9 Å². The zero-order chi connectivity index (χ0) is 15.3. The molecule has 0 heterocycles. The summed E-state index contributed by atoms with van der Waals surface area (Å²) in [5, 5.41) is 3.23. The molecule has 1 rings (SSSR count). The Labute approximate surface area is 129 Å². The highest BCUT2D eigenvalue weighted by molar-refractivity contribution is 5.26. The summed E-state index contributed by atoms with van der Waals surface area (Å²) < 4.78 is 11.0. The van der Waals surface area contributed by atoms with Crippen LogP contribution < -0.4 is 5.32 Å². The van der Waals surface area contributed by atoms with Crippen LogP contribution in [0.25, 0.3) is 0 Å². The number of hydrogen-bond donors (Lipinski definition) is 1. The minimum Gasteiger partial charge on any atom is -0.380 e. The second-order valence-corrected chi connectivity index (χ2v) is 4.97. The summed E-state index contributed by atoms with van der Waals surface area (Å²) in [7, 11) is 1.98. The van der Waals surface area contributed by atoms with Crippen molar-refractivity contribution in [1.82, 2.24) is 10.2 Å². The van der Waals surface area contributed by atoms with E-state index in [0.29, 0.717) is 0 Å². The molecule has 0 spiro atoms. The van der Waals surface area contributed by atoms with Gasteiger partial charge in [-0.1, -0.05) is 24.3 Å². The molecule has 0 amide bonds. The van der Waals surface area contributed by atoms with E-state index in [-0.39, 0.29) is 0 Å². The molecule has 1 N–H and O–H groups in total. The van der Waals surface area contributed by atoms with Gasteiger partial charge in [0.1, 0.15) is 0 Å². The van der Waals surface area contributed by atoms with Crippen molar-refractivity contribution in [3.8, 4) is 0 Å². The van der Waals surface area contributed by atoms with Crippen LogP contribution in [0.4, 0.5) is 0 Å². The molecule has 0 aliphatic carbocycles. The number of nitrogens with one attached hydrogen (secondary N) is 1. The van der Waals surface area contributed by atoms with Gasteiger partial charge in [-0.3, -0.25) is 4.90 Å². The van der Waals surface area contributed by atoms with Gasteiger partial charge in [0.2, 0.25) is 0 Å². The van der Waals surface area contributed by atoms with Gasteiger partial charge in [0.15, 0.2) is 0 Å². The number of hydrogen-bond acceptors (Lipinski definition) is 4. The van der Waals surface area contributed by atoms with Gasteiger partial charge < -0.3 is 14.8 Å². The largest absolute Gasteiger partial charge is 0.380 e. The van der Waals surface area contributed by atoms with E-state index in [0.717, 1.165) is 52.6 Å². The number of rotatable bonds is 12. The second-order valence-electron chi connectivity index (χ2n) is 4.97. The quantitative estimate of drug-likeness (QED) is 0.600. The van der Waals surface area contributed by atoms with Crippen LogP contribution in [0.1, 0.15) is 25.0 Å². The average molecular weight is 294 g/mol. The van der Waals surface area contributed by atoms with Crippen LogP contribution in [0.5, 0.6) is 0 Å². The van der Waals surface area contributed by atoms with Crippen LogP contribution in [0.15, 0.2) is 24.3 Å². The van der Waals surface area contributed by atoms with Crippen molar-refractivity contribution in [3.05, 3.63) is 35.4 Å². The summed E-state index contributed by atoms with van der Waals surface area (Å²) in [5.74, 6) is 0. The molecule has 0 radical (unpaired) electrons. The Hall–Kier alpha value is -0.940. The molecule has 0 saturated heterocycles. The molecule has 0 bridgehead atoms. The molecule has 0 unspecified atom stereocenters. The molecular formula is C17H30N2O2. The SMILES string of the molecule is CCOCCN(CCOCC)Cc1ccccc1CNC. The van der Waals surface area contributed by atoms with E-state index >= 15 is 0 Å². The third-order valence-corrected chi connectivity index (χ3v) is 3.39. The molecule has 0 atom stereocenters. The standard InChI is InChI=1S/C17H30N2O2/c1-4-20-12-10-19(11-13-21-5-2)15-17-9-7-6-8-16(17)14-18-3/h6-9,18H,4-5,10-15H2,1-3H3. The minimum atomic E-state index is 0.773. The van der Waals surface area contributed by atoms with Crippen molar-refractivity contribution < 1.29 is 9.47 Å². The molecule has 1 aromatic carbocycles. The number of benzene rings is 1. The Morgan fingerprint density at radius 1 is 0.952 bits per heavy atom. The van der Waals surface area contributed by atoms with Crippen LogP contribution in [-0.4, -0.2) is 51.5 Å². The Balaban J connectivity index is 2.60. The van der Waals surface area contributed by atoms with Gasteiger partial charge in [-0.15, -0.1) is 0 Å². The van der Waals surface area contributed by atoms with E-state index in [9.17, 15) is 0 Å². The normalized spacial score (nSPS) is 11.2. The molecule has 4 heteroatoms. The van der Waals surface area contributed by atoms with Crippen molar-refractivity contribution in [1.29, 1.82) is 0 Å². The minimum absolute atomic E-state index is 0.773. The zero-order valence-corrected chi connectivity index (χ0v) is 13.7. The number of nitrogens with zero attached hydrogens (tertiary/aromatic N) is 1. The monoisotopic (exact) mass is 294 g/mol. The molecule has 1 aromatic rings. The van der Waals surface area contributed by atoms with Crippen molar-refractivity contribution in [2.45, 2.75) is 26.9 Å². The Morgan fingerprint density at radius 3 is 2.05 bits per heavy atom. The van der Waals surface area contributed by atoms with Crippen molar-refractivity contribution in [2.24, 2.45) is 0 Å². The fourth-order valence-electron chi connectivity index (χ4n) is 2.26. The molecule has 0 aromatic heterocycles. The highest BCUT2D eigenvalue weighted by Crippen LogP contribution is 2.11. The lowest BCUT2D eigenvalue weighted by Crippen LogP contribution is -2.31. The zero-order valence-electron chi connectivity index (χ0n) is 13.7. The molecular weight excluding hydrogens is 264 g/mol. The molecule has 0 saturated carbocycles. The predicted octanol–water partition coefficient (Wildman–Crippen LogP) is 2.28. The lowest BCUT2D eigenvalue weighted by molar-refractivity contribution is 0.0796. The third-order valence-electron chi connectivity index (χ3n) is 3.39. The highest BCUT2D eigenvalue weighted by atomic mass is 16.5. The lowest BCUT2D eigenvalue weighted by Gasteiger charge is -2.23. The lowest BCUT2D eigenvalue weighted by atomic mass is 10.1. The maximum Gasteiger partial charge on any atom is 0.0593 e. The molecule has 0 fully saturated rings. The van der Waals surface area contributed by atoms with E-state index in [2.05, 4.69) is 34.5 Å². The van der Waals surface area contributed by atoms with Crippen LogP contribution in [0.2, 0.25) is 0 Å². The van der Waals surface area contributed by atoms with Gasteiger partial charge in [-0.2, -0.15) is 0 Å². The van der Waals surface area contributed by atoms with Crippen molar-refractivity contribution in [3.63, 3.8) is 0 Å².